The van der Waals surface area contributed by atoms with Crippen LogP contribution in [0.5, 0.6) is 17.4 Å². The third-order valence-corrected chi connectivity index (χ3v) is 5.73. The van der Waals surface area contributed by atoms with E-state index in [4.69, 9.17) is 14.2 Å². The second kappa shape index (κ2) is 10.4. The van der Waals surface area contributed by atoms with Gasteiger partial charge in [-0.3, -0.25) is 10.2 Å². The van der Waals surface area contributed by atoms with Crippen molar-refractivity contribution in [3.05, 3.63) is 48.0 Å². The summed E-state index contributed by atoms with van der Waals surface area (Å²) < 4.78 is 16.0. The van der Waals surface area contributed by atoms with Crippen LogP contribution in [0.2, 0.25) is 0 Å². The predicted molar refractivity (Wildman–Crippen MR) is 126 cm³/mol. The summed E-state index contributed by atoms with van der Waals surface area (Å²) in [7, 11) is 4.60. The summed E-state index contributed by atoms with van der Waals surface area (Å²) in [4.78, 5) is 24.1. The molecule has 2 aromatic carbocycles. The van der Waals surface area contributed by atoms with Crippen molar-refractivity contribution in [3.63, 3.8) is 0 Å². The predicted octanol–water partition coefficient (Wildman–Crippen LogP) is 3.44. The number of carbonyl (C=O) groups is 1. The molecule has 0 aliphatic carbocycles. The molecular weight excluding hydrogens is 422 g/mol. The average molecular weight is 452 g/mol. The summed E-state index contributed by atoms with van der Waals surface area (Å²) in [6.45, 7) is 2.79. The highest BCUT2D eigenvalue weighted by atomic mass is 16.5. The first-order valence-electron chi connectivity index (χ1n) is 10.9. The summed E-state index contributed by atoms with van der Waals surface area (Å²) in [5.74, 6) is 1.54. The number of amides is 2. The fourth-order valence-electron chi connectivity index (χ4n) is 4.00. The van der Waals surface area contributed by atoms with E-state index in [1.807, 2.05) is 6.07 Å². The van der Waals surface area contributed by atoms with Crippen LogP contribution in [0.15, 0.2) is 42.5 Å². The van der Waals surface area contributed by atoms with Crippen LogP contribution < -0.4 is 24.8 Å². The Morgan fingerprint density at radius 2 is 1.61 bits per heavy atom. The number of likely N-dealkylation sites (tertiary alicyclic amines) is 1. The second-order valence-corrected chi connectivity index (χ2v) is 7.91. The number of methoxy groups -OCH3 is 3. The van der Waals surface area contributed by atoms with Gasteiger partial charge in [-0.15, -0.1) is 0 Å². The molecule has 0 bridgehead atoms. The number of nitrogens with zero attached hydrogens (tertiary/aromatic N) is 3. The van der Waals surface area contributed by atoms with Crippen molar-refractivity contribution in [3.8, 4) is 17.4 Å². The molecule has 1 aliphatic heterocycles. The second-order valence-electron chi connectivity index (χ2n) is 7.91. The molecule has 0 atom stereocenters. The molecule has 9 nitrogen and oxygen atoms in total. The lowest BCUT2D eigenvalue weighted by Crippen LogP contribution is -2.45. The molecule has 3 aromatic rings. The van der Waals surface area contributed by atoms with Crippen molar-refractivity contribution < 1.29 is 19.0 Å². The van der Waals surface area contributed by atoms with E-state index < -0.39 is 0 Å². The van der Waals surface area contributed by atoms with E-state index in [9.17, 15) is 4.79 Å². The van der Waals surface area contributed by atoms with Crippen LogP contribution in [-0.2, 0) is 6.54 Å². The third kappa shape index (κ3) is 5.43. The van der Waals surface area contributed by atoms with E-state index in [0.29, 0.717) is 22.5 Å². The molecular formula is C24H29N5O4. The SMILES string of the molecule is COc1cc2nc(NC(=O)NC3CCN(Cc4ccccc4)CC3)c(OC)nc2cc1OC. The smallest absolute Gasteiger partial charge is 0.320 e. The lowest BCUT2D eigenvalue weighted by atomic mass is 10.0. The van der Waals surface area contributed by atoms with Crippen molar-refractivity contribution >= 4 is 22.9 Å². The topological polar surface area (TPSA) is 97.8 Å². The summed E-state index contributed by atoms with van der Waals surface area (Å²) >= 11 is 0. The molecule has 0 unspecified atom stereocenters. The number of rotatable bonds is 7. The zero-order valence-corrected chi connectivity index (χ0v) is 19.1. The molecule has 4 rings (SSSR count). The molecule has 1 aromatic heterocycles. The lowest BCUT2D eigenvalue weighted by molar-refractivity contribution is 0.190. The summed E-state index contributed by atoms with van der Waals surface area (Å²) in [6, 6.07) is 13.6. The quantitative estimate of drug-likeness (QED) is 0.568. The van der Waals surface area contributed by atoms with Gasteiger partial charge in [-0.25, -0.2) is 14.8 Å². The van der Waals surface area contributed by atoms with Gasteiger partial charge in [0.25, 0.3) is 5.88 Å². The van der Waals surface area contributed by atoms with E-state index in [1.165, 1.54) is 12.7 Å². The minimum atomic E-state index is -0.330. The molecule has 1 fully saturated rings. The molecule has 2 N–H and O–H groups in total. The number of benzene rings is 2. The van der Waals surface area contributed by atoms with Gasteiger partial charge < -0.3 is 19.5 Å². The van der Waals surface area contributed by atoms with E-state index in [-0.39, 0.29) is 23.8 Å². The number of fused-ring (bicyclic) bond motifs is 1. The highest BCUT2D eigenvalue weighted by Gasteiger charge is 2.22. The number of nitrogens with one attached hydrogen (secondary N) is 2. The Morgan fingerprint density at radius 3 is 2.21 bits per heavy atom. The standard InChI is InChI=1S/C24H29N5O4/c1-31-20-13-18-19(14-21(20)32-2)27-23(33-3)22(26-18)28-24(30)25-17-9-11-29(12-10-17)15-16-7-5-4-6-8-16/h4-8,13-14,17H,9-12,15H2,1-3H3,(H2,25,26,28,30). The van der Waals surface area contributed by atoms with Crippen molar-refractivity contribution in [2.75, 3.05) is 39.7 Å². The Balaban J connectivity index is 1.38. The van der Waals surface area contributed by atoms with E-state index in [2.05, 4.69) is 49.8 Å². The van der Waals surface area contributed by atoms with Crippen LogP contribution in [0.4, 0.5) is 10.6 Å². The molecule has 0 saturated carbocycles. The van der Waals surface area contributed by atoms with E-state index in [0.717, 1.165) is 32.5 Å². The molecule has 2 heterocycles. The van der Waals surface area contributed by atoms with Crippen LogP contribution in [-0.4, -0.2) is 61.4 Å². The number of ether oxygens (including phenoxy) is 3. The van der Waals surface area contributed by atoms with Crippen LogP contribution in [0, 0.1) is 0 Å². The average Bonchev–Trinajstić information content (AvgIpc) is 2.84. The van der Waals surface area contributed by atoms with Gasteiger partial charge in [-0.1, -0.05) is 30.3 Å². The monoisotopic (exact) mass is 451 g/mol. The Bertz CT molecular complexity index is 1100. The molecule has 174 valence electrons. The van der Waals surface area contributed by atoms with Gasteiger partial charge in [0.05, 0.1) is 32.4 Å². The number of piperidine rings is 1. The van der Waals surface area contributed by atoms with Gasteiger partial charge in [0.2, 0.25) is 0 Å². The molecule has 0 radical (unpaired) electrons. The van der Waals surface area contributed by atoms with Crippen molar-refractivity contribution in [1.82, 2.24) is 20.2 Å². The van der Waals surface area contributed by atoms with Gasteiger partial charge in [0.1, 0.15) is 0 Å². The molecule has 2 amide bonds. The van der Waals surface area contributed by atoms with Crippen molar-refractivity contribution in [2.24, 2.45) is 0 Å². The minimum absolute atomic E-state index is 0.0980. The zero-order chi connectivity index (χ0) is 23.2. The highest BCUT2D eigenvalue weighted by Crippen LogP contribution is 2.33. The molecule has 33 heavy (non-hydrogen) atoms. The van der Waals surface area contributed by atoms with Gasteiger partial charge in [0, 0.05) is 37.8 Å². The maximum atomic E-state index is 12.7. The summed E-state index contributed by atoms with van der Waals surface area (Å²) in [5, 5.41) is 5.83. The number of urea groups is 1. The number of carbonyl (C=O) groups excluding carboxylic acids is 1. The number of hydrogen-bond donors (Lipinski definition) is 2. The molecule has 0 spiro atoms. The number of anilines is 1. The van der Waals surface area contributed by atoms with Crippen LogP contribution in [0.3, 0.4) is 0 Å². The number of aromatic nitrogens is 2. The lowest BCUT2D eigenvalue weighted by Gasteiger charge is -2.32. The largest absolute Gasteiger partial charge is 0.493 e. The Hall–Kier alpha value is -3.59. The van der Waals surface area contributed by atoms with Gasteiger partial charge in [-0.05, 0) is 18.4 Å². The normalized spacial score (nSPS) is 14.6. The van der Waals surface area contributed by atoms with Crippen molar-refractivity contribution in [2.45, 2.75) is 25.4 Å². The first-order valence-corrected chi connectivity index (χ1v) is 10.9. The number of hydrogen-bond acceptors (Lipinski definition) is 7. The van der Waals surface area contributed by atoms with Crippen molar-refractivity contribution in [1.29, 1.82) is 0 Å². The fraction of sp³-hybridized carbons (Fsp3) is 0.375. The van der Waals surface area contributed by atoms with Gasteiger partial charge >= 0.3 is 6.03 Å². The molecule has 9 heteroatoms. The maximum absolute atomic E-state index is 12.7. The summed E-state index contributed by atoms with van der Waals surface area (Å²) in [6.07, 6.45) is 1.77. The first-order chi connectivity index (χ1) is 16.1. The fourth-order valence-corrected chi connectivity index (χ4v) is 4.00. The van der Waals surface area contributed by atoms with Crippen LogP contribution in [0.1, 0.15) is 18.4 Å². The Kier molecular flexibility index (Phi) is 7.09. The zero-order valence-electron chi connectivity index (χ0n) is 19.1. The van der Waals surface area contributed by atoms with Crippen LogP contribution >= 0.6 is 0 Å². The summed E-state index contributed by atoms with van der Waals surface area (Å²) in [5.41, 5.74) is 2.43. The Labute approximate surface area is 193 Å². The first kappa shape index (κ1) is 22.6. The van der Waals surface area contributed by atoms with E-state index >= 15 is 0 Å². The highest BCUT2D eigenvalue weighted by molar-refractivity contribution is 5.91. The molecule has 1 aliphatic rings. The van der Waals surface area contributed by atoms with Crippen LogP contribution in [0.25, 0.3) is 11.0 Å². The third-order valence-electron chi connectivity index (χ3n) is 5.73. The maximum Gasteiger partial charge on any atom is 0.320 e. The van der Waals surface area contributed by atoms with E-state index in [1.54, 1.807) is 26.4 Å². The Morgan fingerprint density at radius 1 is 0.970 bits per heavy atom. The minimum Gasteiger partial charge on any atom is -0.493 e. The molecule has 1 saturated heterocycles. The van der Waals surface area contributed by atoms with Gasteiger partial charge in [0.15, 0.2) is 17.3 Å². The van der Waals surface area contributed by atoms with Gasteiger partial charge in [-0.2, -0.15) is 0 Å².